The second kappa shape index (κ2) is 5.98. The molecule has 2 aromatic rings. The Bertz CT molecular complexity index is 525. The lowest BCUT2D eigenvalue weighted by Gasteiger charge is -2.01. The van der Waals surface area contributed by atoms with Crippen molar-refractivity contribution in [2.24, 2.45) is 0 Å². The normalized spacial score (nSPS) is 10.8. The molecule has 0 amide bonds. The number of halogens is 1. The van der Waals surface area contributed by atoms with Crippen LogP contribution in [0.4, 0.5) is 0 Å². The largest absolute Gasteiger partial charge is 0.421 e. The van der Waals surface area contributed by atoms with Crippen LogP contribution in [0.15, 0.2) is 22.6 Å². The third-order valence-electron chi connectivity index (χ3n) is 2.65. The van der Waals surface area contributed by atoms with Gasteiger partial charge in [-0.1, -0.05) is 30.7 Å². The number of nitrogens with zero attached hydrogens (tertiary/aromatic N) is 2. The van der Waals surface area contributed by atoms with Gasteiger partial charge in [0.1, 0.15) is 0 Å². The van der Waals surface area contributed by atoms with Gasteiger partial charge in [0, 0.05) is 13.0 Å². The highest BCUT2D eigenvalue weighted by Gasteiger charge is 2.12. The summed E-state index contributed by atoms with van der Waals surface area (Å²) in [4.78, 5) is 0. The van der Waals surface area contributed by atoms with Crippen LogP contribution < -0.4 is 5.32 Å². The molecule has 1 aromatic heterocycles. The third-order valence-corrected chi connectivity index (χ3v) is 3.16. The smallest absolute Gasteiger partial charge is 0.249 e. The molecule has 18 heavy (non-hydrogen) atoms. The van der Waals surface area contributed by atoms with Crippen LogP contribution in [0.25, 0.3) is 11.5 Å². The average Bonchev–Trinajstić information content (AvgIpc) is 2.82. The summed E-state index contributed by atoms with van der Waals surface area (Å²) < 4.78 is 5.61. The molecular weight excluding hydrogens is 250 g/mol. The summed E-state index contributed by atoms with van der Waals surface area (Å²) in [6.45, 7) is 5.78. The quantitative estimate of drug-likeness (QED) is 0.845. The summed E-state index contributed by atoms with van der Waals surface area (Å²) in [5.41, 5.74) is 1.79. The van der Waals surface area contributed by atoms with Gasteiger partial charge >= 0.3 is 0 Å². The Hall–Kier alpha value is -1.39. The molecule has 2 rings (SSSR count). The molecule has 0 bridgehead atoms. The maximum Gasteiger partial charge on any atom is 0.249 e. The van der Waals surface area contributed by atoms with E-state index in [0.29, 0.717) is 16.8 Å². The Morgan fingerprint density at radius 2 is 2.17 bits per heavy atom. The number of benzene rings is 1. The highest BCUT2D eigenvalue weighted by molar-refractivity contribution is 6.33. The minimum atomic E-state index is 0.482. The highest BCUT2D eigenvalue weighted by Crippen LogP contribution is 2.29. The van der Waals surface area contributed by atoms with Gasteiger partial charge in [0.15, 0.2) is 0 Å². The number of hydrogen-bond donors (Lipinski definition) is 1. The highest BCUT2D eigenvalue weighted by atomic mass is 35.5. The van der Waals surface area contributed by atoms with Crippen LogP contribution >= 0.6 is 11.6 Å². The van der Waals surface area contributed by atoms with E-state index in [0.717, 1.165) is 30.6 Å². The first-order valence-electron chi connectivity index (χ1n) is 6.01. The van der Waals surface area contributed by atoms with E-state index in [2.05, 4.69) is 22.4 Å². The molecule has 0 fully saturated rings. The van der Waals surface area contributed by atoms with Crippen LogP contribution in [0.2, 0.25) is 5.02 Å². The van der Waals surface area contributed by atoms with Gasteiger partial charge in [-0.25, -0.2) is 0 Å². The first-order chi connectivity index (χ1) is 8.72. The molecule has 0 atom stereocenters. The first kappa shape index (κ1) is 13.1. The van der Waals surface area contributed by atoms with E-state index in [1.807, 2.05) is 25.1 Å². The van der Waals surface area contributed by atoms with Crippen LogP contribution in [-0.4, -0.2) is 23.3 Å². The summed E-state index contributed by atoms with van der Waals surface area (Å²) in [6.07, 6.45) is 0.726. The van der Waals surface area contributed by atoms with Gasteiger partial charge in [0.05, 0.1) is 10.6 Å². The van der Waals surface area contributed by atoms with E-state index >= 15 is 0 Å². The SMILES string of the molecule is CCNCCc1nnc(-c2cccc(C)c2Cl)o1. The number of likely N-dealkylation sites (N-methyl/N-ethyl adjacent to an activating group) is 1. The van der Waals surface area contributed by atoms with Crippen molar-refractivity contribution in [3.63, 3.8) is 0 Å². The zero-order valence-corrected chi connectivity index (χ0v) is 11.3. The fourth-order valence-electron chi connectivity index (χ4n) is 1.65. The fraction of sp³-hybridized carbons (Fsp3) is 0.385. The molecular formula is C13H16ClN3O. The zero-order valence-electron chi connectivity index (χ0n) is 10.5. The maximum absolute atomic E-state index is 6.22. The van der Waals surface area contributed by atoms with Crippen LogP contribution in [0.1, 0.15) is 18.4 Å². The van der Waals surface area contributed by atoms with E-state index < -0.39 is 0 Å². The van der Waals surface area contributed by atoms with Crippen molar-refractivity contribution in [3.8, 4) is 11.5 Å². The second-order valence-corrected chi connectivity index (χ2v) is 4.42. The lowest BCUT2D eigenvalue weighted by molar-refractivity contribution is 0.496. The monoisotopic (exact) mass is 265 g/mol. The molecule has 0 unspecified atom stereocenters. The molecule has 0 spiro atoms. The van der Waals surface area contributed by atoms with E-state index in [-0.39, 0.29) is 0 Å². The lowest BCUT2D eigenvalue weighted by atomic mass is 10.1. The number of rotatable bonds is 5. The van der Waals surface area contributed by atoms with Crippen molar-refractivity contribution < 1.29 is 4.42 Å². The van der Waals surface area contributed by atoms with Crippen LogP contribution in [0, 0.1) is 6.92 Å². The molecule has 1 heterocycles. The summed E-state index contributed by atoms with van der Waals surface area (Å²) in [5.74, 6) is 1.11. The number of aromatic nitrogens is 2. The summed E-state index contributed by atoms with van der Waals surface area (Å²) in [6, 6.07) is 5.77. The Morgan fingerprint density at radius 1 is 1.33 bits per heavy atom. The summed E-state index contributed by atoms with van der Waals surface area (Å²) in [7, 11) is 0. The minimum absolute atomic E-state index is 0.482. The summed E-state index contributed by atoms with van der Waals surface area (Å²) >= 11 is 6.22. The van der Waals surface area contributed by atoms with Crippen molar-refractivity contribution >= 4 is 11.6 Å². The predicted molar refractivity (Wildman–Crippen MR) is 71.7 cm³/mol. The van der Waals surface area contributed by atoms with Crippen molar-refractivity contribution in [3.05, 3.63) is 34.7 Å². The molecule has 0 radical (unpaired) electrons. The van der Waals surface area contributed by atoms with Crippen LogP contribution in [0.3, 0.4) is 0 Å². The lowest BCUT2D eigenvalue weighted by Crippen LogP contribution is -2.16. The molecule has 0 aliphatic carbocycles. The van der Waals surface area contributed by atoms with Crippen LogP contribution in [-0.2, 0) is 6.42 Å². The molecule has 1 aromatic carbocycles. The maximum atomic E-state index is 6.22. The van der Waals surface area contributed by atoms with Gasteiger partial charge in [-0.2, -0.15) is 0 Å². The van der Waals surface area contributed by atoms with Crippen molar-refractivity contribution in [1.29, 1.82) is 0 Å². The van der Waals surface area contributed by atoms with Gasteiger partial charge in [0.2, 0.25) is 11.8 Å². The average molecular weight is 266 g/mol. The Labute approximate surface area is 111 Å². The number of aryl methyl sites for hydroxylation is 1. The van der Waals surface area contributed by atoms with Gasteiger partial charge < -0.3 is 9.73 Å². The molecule has 0 saturated heterocycles. The van der Waals surface area contributed by atoms with Crippen LogP contribution in [0.5, 0.6) is 0 Å². The van der Waals surface area contributed by atoms with E-state index in [9.17, 15) is 0 Å². The predicted octanol–water partition coefficient (Wildman–Crippen LogP) is 2.85. The van der Waals surface area contributed by atoms with E-state index in [1.165, 1.54) is 0 Å². The Morgan fingerprint density at radius 3 is 2.94 bits per heavy atom. The van der Waals surface area contributed by atoms with Gasteiger partial charge in [-0.05, 0) is 25.1 Å². The summed E-state index contributed by atoms with van der Waals surface area (Å²) in [5, 5.41) is 11.9. The van der Waals surface area contributed by atoms with Gasteiger partial charge in [-0.3, -0.25) is 0 Å². The van der Waals surface area contributed by atoms with E-state index in [4.69, 9.17) is 16.0 Å². The molecule has 4 nitrogen and oxygen atoms in total. The minimum Gasteiger partial charge on any atom is -0.421 e. The molecule has 5 heteroatoms. The molecule has 0 aliphatic rings. The van der Waals surface area contributed by atoms with Gasteiger partial charge in [-0.15, -0.1) is 10.2 Å². The zero-order chi connectivity index (χ0) is 13.0. The first-order valence-corrected chi connectivity index (χ1v) is 6.38. The number of hydrogen-bond acceptors (Lipinski definition) is 4. The number of nitrogens with one attached hydrogen (secondary N) is 1. The molecule has 1 N–H and O–H groups in total. The fourth-order valence-corrected chi connectivity index (χ4v) is 1.85. The standard InChI is InChI=1S/C13H16ClN3O/c1-3-15-8-7-11-16-17-13(18-11)10-6-4-5-9(2)12(10)14/h4-6,15H,3,7-8H2,1-2H3. The van der Waals surface area contributed by atoms with Crippen molar-refractivity contribution in [2.75, 3.05) is 13.1 Å². The Balaban J connectivity index is 2.16. The third kappa shape index (κ3) is 2.89. The van der Waals surface area contributed by atoms with Crippen molar-refractivity contribution in [2.45, 2.75) is 20.3 Å². The molecule has 0 saturated carbocycles. The second-order valence-electron chi connectivity index (χ2n) is 4.04. The molecule has 96 valence electrons. The van der Waals surface area contributed by atoms with Crippen molar-refractivity contribution in [1.82, 2.24) is 15.5 Å². The Kier molecular flexibility index (Phi) is 4.33. The van der Waals surface area contributed by atoms with E-state index in [1.54, 1.807) is 0 Å². The topological polar surface area (TPSA) is 51.0 Å². The molecule has 0 aliphatic heterocycles. The van der Waals surface area contributed by atoms with Gasteiger partial charge in [0.25, 0.3) is 0 Å².